The number of aliphatic hydroxyl groups is 1. The maximum Gasteiger partial charge on any atom is 0.354 e. The summed E-state index contributed by atoms with van der Waals surface area (Å²) in [6.07, 6.45) is 0.146. The number of esters is 1. The Kier molecular flexibility index (Phi) is 3.68. The summed E-state index contributed by atoms with van der Waals surface area (Å²) in [5, 5.41) is 7.18. The Morgan fingerprint density at radius 1 is 1.70 bits per heavy atom. The summed E-state index contributed by atoms with van der Waals surface area (Å²) in [6, 6.07) is 0. The van der Waals surface area contributed by atoms with Gasteiger partial charge in [-0.3, -0.25) is 0 Å². The molecule has 0 rings (SSSR count). The van der Waals surface area contributed by atoms with Gasteiger partial charge in [0.2, 0.25) is 5.06 Å². The highest BCUT2D eigenvalue weighted by Gasteiger charge is 2.32. The molecule has 1 atom stereocenters. The highest BCUT2D eigenvalue weighted by Crippen LogP contribution is 2.16. The lowest BCUT2D eigenvalue weighted by molar-refractivity contribution is -0.156. The summed E-state index contributed by atoms with van der Waals surface area (Å²) in [7, 11) is 0. The molecule has 0 spiro atoms. The summed E-state index contributed by atoms with van der Waals surface area (Å²) in [6.45, 7) is 3.48. The van der Waals surface area contributed by atoms with Crippen LogP contribution in [0.3, 0.4) is 0 Å². The second-order valence-electron chi connectivity index (χ2n) is 1.83. The van der Waals surface area contributed by atoms with Crippen LogP contribution in [0.1, 0.15) is 20.3 Å². The fourth-order valence-electron chi connectivity index (χ4n) is 0.386. The highest BCUT2D eigenvalue weighted by atomic mass is 35.5. The van der Waals surface area contributed by atoms with Crippen LogP contribution in [0.2, 0.25) is 0 Å². The lowest BCUT2D eigenvalue weighted by Gasteiger charge is -2.15. The second-order valence-corrected chi connectivity index (χ2v) is 2.46. The molecule has 10 heavy (non-hydrogen) atoms. The molecule has 60 valence electrons. The van der Waals surface area contributed by atoms with Crippen LogP contribution in [-0.4, -0.2) is 22.7 Å². The van der Waals surface area contributed by atoms with Gasteiger partial charge in [0.1, 0.15) is 0 Å². The zero-order valence-electron chi connectivity index (χ0n) is 6.06. The number of carbonyl (C=O) groups is 1. The Hall–Kier alpha value is -0.280. The zero-order chi connectivity index (χ0) is 8.20. The molecule has 1 unspecified atom stereocenters. The van der Waals surface area contributed by atoms with Crippen LogP contribution in [-0.2, 0) is 9.53 Å². The van der Waals surface area contributed by atoms with Crippen molar-refractivity contribution in [3.8, 4) is 0 Å². The van der Waals surface area contributed by atoms with Gasteiger partial charge in [0.25, 0.3) is 0 Å². The van der Waals surface area contributed by atoms with E-state index in [1.54, 1.807) is 13.8 Å². The number of carbonyl (C=O) groups excluding carboxylic acids is 1. The van der Waals surface area contributed by atoms with Gasteiger partial charge in [-0.1, -0.05) is 18.5 Å². The van der Waals surface area contributed by atoms with Gasteiger partial charge in [0, 0.05) is 0 Å². The molecule has 4 heteroatoms. The van der Waals surface area contributed by atoms with E-state index in [1.807, 2.05) is 0 Å². The van der Waals surface area contributed by atoms with Gasteiger partial charge in [-0.05, 0) is 13.3 Å². The molecule has 0 bridgehead atoms. The van der Waals surface area contributed by atoms with Crippen LogP contribution >= 0.6 is 11.6 Å². The van der Waals surface area contributed by atoms with Gasteiger partial charge < -0.3 is 9.84 Å². The van der Waals surface area contributed by atoms with Crippen LogP contribution in [0.4, 0.5) is 0 Å². The largest absolute Gasteiger partial charge is 0.463 e. The van der Waals surface area contributed by atoms with E-state index in [2.05, 4.69) is 4.74 Å². The molecule has 0 heterocycles. The normalized spacial score (nSPS) is 16.0. The zero-order valence-corrected chi connectivity index (χ0v) is 6.81. The van der Waals surface area contributed by atoms with E-state index in [0.717, 1.165) is 0 Å². The van der Waals surface area contributed by atoms with E-state index in [9.17, 15) is 4.79 Å². The minimum Gasteiger partial charge on any atom is -0.463 e. The van der Waals surface area contributed by atoms with E-state index in [0.29, 0.717) is 0 Å². The van der Waals surface area contributed by atoms with Crippen molar-refractivity contribution in [1.82, 2.24) is 0 Å². The molecule has 0 aromatic carbocycles. The predicted octanol–water partition coefficient (Wildman–Crippen LogP) is 0.887. The predicted molar refractivity (Wildman–Crippen MR) is 37.7 cm³/mol. The minimum atomic E-state index is -1.84. The molecule has 0 radical (unpaired) electrons. The summed E-state index contributed by atoms with van der Waals surface area (Å²) in [5.74, 6) is -0.779. The van der Waals surface area contributed by atoms with Gasteiger partial charge in [0.05, 0.1) is 6.61 Å². The number of hydrogen-bond acceptors (Lipinski definition) is 3. The Bertz CT molecular complexity index is 122. The van der Waals surface area contributed by atoms with Gasteiger partial charge >= 0.3 is 5.97 Å². The lowest BCUT2D eigenvalue weighted by atomic mass is 10.3. The topological polar surface area (TPSA) is 46.5 Å². The average Bonchev–Trinajstić information content (AvgIpc) is 1.89. The highest BCUT2D eigenvalue weighted by molar-refractivity contribution is 6.32. The molecule has 0 saturated carbocycles. The first-order chi connectivity index (χ1) is 4.54. The minimum absolute atomic E-state index is 0.146. The van der Waals surface area contributed by atoms with Crippen molar-refractivity contribution in [2.24, 2.45) is 0 Å². The number of halogens is 1. The Morgan fingerprint density at radius 2 is 2.20 bits per heavy atom. The molecule has 3 nitrogen and oxygen atoms in total. The first-order valence-electron chi connectivity index (χ1n) is 3.13. The molecule has 0 aliphatic carbocycles. The van der Waals surface area contributed by atoms with Crippen molar-refractivity contribution in [2.75, 3.05) is 6.61 Å². The summed E-state index contributed by atoms with van der Waals surface area (Å²) in [4.78, 5) is 10.7. The number of hydrogen-bond donors (Lipinski definition) is 1. The molecule has 0 aliphatic heterocycles. The van der Waals surface area contributed by atoms with Crippen molar-refractivity contribution in [2.45, 2.75) is 25.3 Å². The van der Waals surface area contributed by atoms with Gasteiger partial charge in [-0.2, -0.15) is 0 Å². The van der Waals surface area contributed by atoms with Crippen molar-refractivity contribution >= 4 is 17.6 Å². The fraction of sp³-hybridized carbons (Fsp3) is 0.833. The SMILES string of the molecule is CCOC(=O)C(O)(Cl)CC. The summed E-state index contributed by atoms with van der Waals surface area (Å²) in [5.41, 5.74) is 0. The first-order valence-corrected chi connectivity index (χ1v) is 3.51. The van der Waals surface area contributed by atoms with Gasteiger partial charge in [-0.25, -0.2) is 4.79 Å². The van der Waals surface area contributed by atoms with Crippen LogP contribution in [0.5, 0.6) is 0 Å². The van der Waals surface area contributed by atoms with Gasteiger partial charge in [-0.15, -0.1) is 0 Å². The average molecular weight is 167 g/mol. The summed E-state index contributed by atoms with van der Waals surface area (Å²) >= 11 is 5.33. The maximum absolute atomic E-state index is 10.7. The Balaban J connectivity index is 3.91. The molecule has 0 saturated heterocycles. The van der Waals surface area contributed by atoms with Crippen LogP contribution in [0.25, 0.3) is 0 Å². The van der Waals surface area contributed by atoms with E-state index in [-0.39, 0.29) is 13.0 Å². The molecular weight excluding hydrogens is 156 g/mol. The van der Waals surface area contributed by atoms with Crippen LogP contribution in [0, 0.1) is 0 Å². The molecule has 0 aromatic heterocycles. The molecule has 1 N–H and O–H groups in total. The molecule has 0 amide bonds. The van der Waals surface area contributed by atoms with Gasteiger partial charge in [0.15, 0.2) is 0 Å². The van der Waals surface area contributed by atoms with Crippen LogP contribution < -0.4 is 0 Å². The monoisotopic (exact) mass is 166 g/mol. The number of rotatable bonds is 3. The molecule has 0 fully saturated rings. The number of ether oxygens (including phenoxy) is 1. The standard InChI is InChI=1S/C6H11ClO3/c1-3-6(7,9)5(8)10-4-2/h9H,3-4H2,1-2H3. The third kappa shape index (κ3) is 2.54. The lowest BCUT2D eigenvalue weighted by Crippen LogP contribution is -2.33. The van der Waals surface area contributed by atoms with Crippen molar-refractivity contribution in [3.63, 3.8) is 0 Å². The Labute approximate surface area is 64.9 Å². The quantitative estimate of drug-likeness (QED) is 0.500. The van der Waals surface area contributed by atoms with Crippen molar-refractivity contribution in [3.05, 3.63) is 0 Å². The third-order valence-electron chi connectivity index (χ3n) is 1.06. The second kappa shape index (κ2) is 3.78. The van der Waals surface area contributed by atoms with E-state index in [4.69, 9.17) is 16.7 Å². The molecule has 0 aliphatic rings. The van der Waals surface area contributed by atoms with Crippen molar-refractivity contribution < 1.29 is 14.6 Å². The first kappa shape index (κ1) is 9.72. The smallest absolute Gasteiger partial charge is 0.354 e. The molecule has 0 aromatic rings. The van der Waals surface area contributed by atoms with E-state index in [1.165, 1.54) is 0 Å². The molecular formula is C6H11ClO3. The maximum atomic E-state index is 10.7. The fourth-order valence-corrected chi connectivity index (χ4v) is 0.441. The van der Waals surface area contributed by atoms with Crippen LogP contribution in [0.15, 0.2) is 0 Å². The van der Waals surface area contributed by atoms with Crippen molar-refractivity contribution in [1.29, 1.82) is 0 Å². The number of alkyl halides is 1. The summed E-state index contributed by atoms with van der Waals surface area (Å²) < 4.78 is 4.48. The third-order valence-corrected chi connectivity index (χ3v) is 1.48. The Morgan fingerprint density at radius 3 is 2.50 bits per heavy atom. The van der Waals surface area contributed by atoms with E-state index >= 15 is 0 Å². The van der Waals surface area contributed by atoms with E-state index < -0.39 is 11.0 Å².